The Morgan fingerprint density at radius 3 is 2.86 bits per heavy atom. The third-order valence-electron chi connectivity index (χ3n) is 1.90. The minimum atomic E-state index is -0.285. The maximum Gasteiger partial charge on any atom is 0.125 e. The molecule has 0 saturated carbocycles. The normalized spacial score (nSPS) is 10.4. The zero-order valence-electron chi connectivity index (χ0n) is 7.32. The molecule has 14 heavy (non-hydrogen) atoms. The molecule has 0 bridgehead atoms. The summed E-state index contributed by atoms with van der Waals surface area (Å²) >= 11 is 5.64. The third-order valence-corrected chi connectivity index (χ3v) is 2.21. The molecule has 0 aliphatic rings. The molecule has 0 radical (unpaired) electrons. The molecular weight excluding hydrogens is 203 g/mol. The van der Waals surface area contributed by atoms with Crippen molar-refractivity contribution in [1.29, 1.82) is 0 Å². The van der Waals surface area contributed by atoms with Gasteiger partial charge in [-0.25, -0.2) is 9.37 Å². The SMILES string of the molecule is Fc1cc(CCl)cc(-n2ccnc2)c1. The Bertz CT molecular complexity index is 426. The predicted molar refractivity (Wildman–Crippen MR) is 53.1 cm³/mol. The molecule has 4 heteroatoms. The van der Waals surface area contributed by atoms with E-state index in [9.17, 15) is 4.39 Å². The van der Waals surface area contributed by atoms with Crippen LogP contribution in [-0.4, -0.2) is 9.55 Å². The molecule has 72 valence electrons. The van der Waals surface area contributed by atoms with Crippen LogP contribution in [0.15, 0.2) is 36.9 Å². The third kappa shape index (κ3) is 1.77. The van der Waals surface area contributed by atoms with Gasteiger partial charge in [0.1, 0.15) is 5.82 Å². The first kappa shape index (κ1) is 9.21. The van der Waals surface area contributed by atoms with Crippen LogP contribution >= 0.6 is 11.6 Å². The van der Waals surface area contributed by atoms with Gasteiger partial charge in [-0.3, -0.25) is 0 Å². The molecule has 2 aromatic rings. The summed E-state index contributed by atoms with van der Waals surface area (Å²) in [6, 6.07) is 4.70. The molecule has 2 rings (SSSR count). The average Bonchev–Trinajstić information content (AvgIpc) is 2.69. The summed E-state index contributed by atoms with van der Waals surface area (Å²) in [5, 5.41) is 0. The number of halogens is 2. The molecule has 1 aromatic carbocycles. The predicted octanol–water partition coefficient (Wildman–Crippen LogP) is 2.75. The zero-order chi connectivity index (χ0) is 9.97. The zero-order valence-corrected chi connectivity index (χ0v) is 8.08. The number of imidazole rings is 1. The van der Waals surface area contributed by atoms with E-state index < -0.39 is 0 Å². The highest BCUT2D eigenvalue weighted by Gasteiger charge is 2.01. The Morgan fingerprint density at radius 1 is 1.36 bits per heavy atom. The second-order valence-corrected chi connectivity index (χ2v) is 3.19. The summed E-state index contributed by atoms with van der Waals surface area (Å²) in [4.78, 5) is 3.89. The lowest BCUT2D eigenvalue weighted by Crippen LogP contribution is -1.93. The van der Waals surface area contributed by atoms with Gasteiger partial charge < -0.3 is 4.57 Å². The Labute approximate surface area is 86.0 Å². The quantitative estimate of drug-likeness (QED) is 0.697. The molecule has 0 fully saturated rings. The summed E-state index contributed by atoms with van der Waals surface area (Å²) in [6.07, 6.45) is 5.02. The minimum absolute atomic E-state index is 0.285. The van der Waals surface area contributed by atoms with Gasteiger partial charge in [0.15, 0.2) is 0 Å². The van der Waals surface area contributed by atoms with Gasteiger partial charge in [-0.15, -0.1) is 11.6 Å². The van der Waals surface area contributed by atoms with Crippen molar-refractivity contribution in [2.45, 2.75) is 5.88 Å². The second-order valence-electron chi connectivity index (χ2n) is 2.92. The maximum atomic E-state index is 13.1. The van der Waals surface area contributed by atoms with Crippen LogP contribution in [0.5, 0.6) is 0 Å². The largest absolute Gasteiger partial charge is 0.306 e. The molecular formula is C10H8ClFN2. The van der Waals surface area contributed by atoms with Crippen molar-refractivity contribution in [3.8, 4) is 5.69 Å². The Hall–Kier alpha value is -1.35. The van der Waals surface area contributed by atoms with Crippen LogP contribution in [0, 0.1) is 5.82 Å². The smallest absolute Gasteiger partial charge is 0.125 e. The fraction of sp³-hybridized carbons (Fsp3) is 0.100. The molecule has 0 saturated heterocycles. The summed E-state index contributed by atoms with van der Waals surface area (Å²) in [5.41, 5.74) is 1.49. The Balaban J connectivity index is 2.48. The van der Waals surface area contributed by atoms with E-state index in [-0.39, 0.29) is 5.82 Å². The van der Waals surface area contributed by atoms with E-state index in [1.165, 1.54) is 12.1 Å². The van der Waals surface area contributed by atoms with Crippen LogP contribution < -0.4 is 0 Å². The van der Waals surface area contributed by atoms with Crippen molar-refractivity contribution < 1.29 is 4.39 Å². The summed E-state index contributed by atoms with van der Waals surface area (Å²) in [7, 11) is 0. The van der Waals surface area contributed by atoms with Crippen LogP contribution in [0.2, 0.25) is 0 Å². The molecule has 0 N–H and O–H groups in total. The number of aromatic nitrogens is 2. The molecule has 0 amide bonds. The number of alkyl halides is 1. The van der Waals surface area contributed by atoms with E-state index in [4.69, 9.17) is 11.6 Å². The van der Waals surface area contributed by atoms with Crippen molar-refractivity contribution in [2.75, 3.05) is 0 Å². The first-order chi connectivity index (χ1) is 6.79. The average molecular weight is 211 g/mol. The van der Waals surface area contributed by atoms with Gasteiger partial charge in [-0.2, -0.15) is 0 Å². The summed E-state index contributed by atoms with van der Waals surface area (Å²) in [6.45, 7) is 0. The van der Waals surface area contributed by atoms with Gasteiger partial charge in [0.25, 0.3) is 0 Å². The van der Waals surface area contributed by atoms with Crippen molar-refractivity contribution in [2.24, 2.45) is 0 Å². The molecule has 0 aliphatic carbocycles. The minimum Gasteiger partial charge on any atom is -0.306 e. The number of rotatable bonds is 2. The van der Waals surface area contributed by atoms with Crippen molar-refractivity contribution in [3.05, 3.63) is 48.3 Å². The number of benzene rings is 1. The highest BCUT2D eigenvalue weighted by atomic mass is 35.5. The van der Waals surface area contributed by atoms with E-state index in [1.807, 2.05) is 6.07 Å². The lowest BCUT2D eigenvalue weighted by atomic mass is 10.2. The number of hydrogen-bond donors (Lipinski definition) is 0. The first-order valence-electron chi connectivity index (χ1n) is 4.13. The number of hydrogen-bond acceptors (Lipinski definition) is 1. The van der Waals surface area contributed by atoms with Crippen molar-refractivity contribution in [1.82, 2.24) is 9.55 Å². The molecule has 0 unspecified atom stereocenters. The maximum absolute atomic E-state index is 13.1. The van der Waals surface area contributed by atoms with E-state index in [0.717, 1.165) is 11.3 Å². The van der Waals surface area contributed by atoms with E-state index in [2.05, 4.69) is 4.98 Å². The summed E-state index contributed by atoms with van der Waals surface area (Å²) < 4.78 is 14.8. The van der Waals surface area contributed by atoms with E-state index in [1.54, 1.807) is 23.3 Å². The van der Waals surface area contributed by atoms with Gasteiger partial charge in [0.05, 0.1) is 6.33 Å². The van der Waals surface area contributed by atoms with Gasteiger partial charge in [0.2, 0.25) is 0 Å². The van der Waals surface area contributed by atoms with Gasteiger partial charge in [-0.05, 0) is 23.8 Å². The lowest BCUT2D eigenvalue weighted by molar-refractivity contribution is 0.625. The number of nitrogens with zero attached hydrogens (tertiary/aromatic N) is 2. The van der Waals surface area contributed by atoms with Crippen LogP contribution in [0.3, 0.4) is 0 Å². The lowest BCUT2D eigenvalue weighted by Gasteiger charge is -2.04. The van der Waals surface area contributed by atoms with Crippen LogP contribution in [-0.2, 0) is 5.88 Å². The summed E-state index contributed by atoms with van der Waals surface area (Å²) in [5.74, 6) is 0.0197. The highest BCUT2D eigenvalue weighted by Crippen LogP contribution is 2.14. The van der Waals surface area contributed by atoms with Crippen molar-refractivity contribution in [3.63, 3.8) is 0 Å². The van der Waals surface area contributed by atoms with E-state index >= 15 is 0 Å². The first-order valence-corrected chi connectivity index (χ1v) is 4.67. The Kier molecular flexibility index (Phi) is 2.50. The highest BCUT2D eigenvalue weighted by molar-refractivity contribution is 6.17. The van der Waals surface area contributed by atoms with E-state index in [0.29, 0.717) is 5.88 Å². The van der Waals surface area contributed by atoms with Crippen molar-refractivity contribution >= 4 is 11.6 Å². The molecule has 0 spiro atoms. The molecule has 1 heterocycles. The molecule has 2 nitrogen and oxygen atoms in total. The second kappa shape index (κ2) is 3.80. The van der Waals surface area contributed by atoms with Crippen LogP contribution in [0.1, 0.15) is 5.56 Å². The fourth-order valence-electron chi connectivity index (χ4n) is 1.27. The van der Waals surface area contributed by atoms with Gasteiger partial charge in [0, 0.05) is 24.0 Å². The molecule has 0 aliphatic heterocycles. The van der Waals surface area contributed by atoms with Gasteiger partial charge in [-0.1, -0.05) is 0 Å². The van der Waals surface area contributed by atoms with Crippen LogP contribution in [0.25, 0.3) is 5.69 Å². The van der Waals surface area contributed by atoms with Crippen LogP contribution in [0.4, 0.5) is 4.39 Å². The monoisotopic (exact) mass is 210 g/mol. The standard InChI is InChI=1S/C10H8ClFN2/c11-6-8-3-9(12)5-10(4-8)14-2-1-13-7-14/h1-5,7H,6H2. The Morgan fingerprint density at radius 2 is 2.21 bits per heavy atom. The fourth-order valence-corrected chi connectivity index (χ4v) is 1.43. The molecule has 0 atom stereocenters. The van der Waals surface area contributed by atoms with Gasteiger partial charge >= 0.3 is 0 Å². The molecule has 1 aromatic heterocycles. The topological polar surface area (TPSA) is 17.8 Å².